The molecule has 1 aromatic rings. The summed E-state index contributed by atoms with van der Waals surface area (Å²) in [5.41, 5.74) is 0.231. The van der Waals surface area contributed by atoms with Gasteiger partial charge < -0.3 is 4.98 Å². The molecule has 0 aliphatic carbocycles. The number of carbonyl (C=O) groups excluding carboxylic acids is 1. The van der Waals surface area contributed by atoms with Gasteiger partial charge in [-0.2, -0.15) is 0 Å². The molecule has 1 aromatic heterocycles. The molecule has 1 aliphatic heterocycles. The molecule has 1 N–H and O–H groups in total. The predicted molar refractivity (Wildman–Crippen MR) is 56.5 cm³/mol. The van der Waals surface area contributed by atoms with Crippen molar-refractivity contribution in [3.63, 3.8) is 0 Å². The third-order valence-corrected chi connectivity index (χ3v) is 2.31. The van der Waals surface area contributed by atoms with Gasteiger partial charge in [-0.3, -0.25) is 14.5 Å². The third kappa shape index (κ3) is 1.68. The van der Waals surface area contributed by atoms with E-state index in [1.54, 1.807) is 6.08 Å². The number of fused-ring (bicyclic) bond motifs is 1. The Bertz CT molecular complexity index is 476. The number of aromatic nitrogens is 2. The fourth-order valence-corrected chi connectivity index (χ4v) is 1.58. The number of nitrogens with zero attached hydrogens (tertiary/aromatic N) is 2. The van der Waals surface area contributed by atoms with E-state index in [-0.39, 0.29) is 11.5 Å². The van der Waals surface area contributed by atoms with Crippen LogP contribution in [0.25, 0.3) is 6.08 Å². The lowest BCUT2D eigenvalue weighted by Gasteiger charge is -2.18. The average molecular weight is 205 g/mol. The summed E-state index contributed by atoms with van der Waals surface area (Å²) in [6.45, 7) is 2.03. The highest BCUT2D eigenvalue weighted by Gasteiger charge is 2.18. The highest BCUT2D eigenvalue weighted by molar-refractivity contribution is 5.92. The monoisotopic (exact) mass is 205 g/mol. The van der Waals surface area contributed by atoms with E-state index in [9.17, 15) is 9.59 Å². The minimum atomic E-state index is -0.218. The molecule has 0 radical (unpaired) electrons. The Hall–Kier alpha value is -1.91. The highest BCUT2D eigenvalue weighted by Crippen LogP contribution is 2.18. The van der Waals surface area contributed by atoms with Crippen LogP contribution in [0.5, 0.6) is 0 Å². The molecule has 0 atom stereocenters. The van der Waals surface area contributed by atoms with Crippen molar-refractivity contribution in [2.24, 2.45) is 0 Å². The van der Waals surface area contributed by atoms with Crippen LogP contribution in [-0.2, 0) is 4.79 Å². The second-order valence-electron chi connectivity index (χ2n) is 3.33. The first kappa shape index (κ1) is 9.64. The van der Waals surface area contributed by atoms with Crippen LogP contribution in [0.2, 0.25) is 0 Å². The number of hydrogen-bond acceptors (Lipinski definition) is 3. The molecular weight excluding hydrogens is 194 g/mol. The summed E-state index contributed by atoms with van der Waals surface area (Å²) in [7, 11) is 0. The van der Waals surface area contributed by atoms with E-state index in [0.29, 0.717) is 17.9 Å². The van der Waals surface area contributed by atoms with Crippen molar-refractivity contribution in [2.75, 3.05) is 11.4 Å². The molecule has 0 spiro atoms. The van der Waals surface area contributed by atoms with Gasteiger partial charge in [-0.1, -0.05) is 6.08 Å². The molecule has 2 heterocycles. The van der Waals surface area contributed by atoms with Crippen LogP contribution in [0.15, 0.2) is 17.2 Å². The molecule has 0 saturated heterocycles. The van der Waals surface area contributed by atoms with E-state index in [1.807, 2.05) is 6.08 Å². The van der Waals surface area contributed by atoms with Gasteiger partial charge >= 0.3 is 0 Å². The van der Waals surface area contributed by atoms with Crippen LogP contribution in [-0.4, -0.2) is 22.4 Å². The summed E-state index contributed by atoms with van der Waals surface area (Å²) in [4.78, 5) is 30.9. The van der Waals surface area contributed by atoms with Crippen molar-refractivity contribution < 1.29 is 4.79 Å². The number of amides is 1. The minimum Gasteiger partial charge on any atom is -0.313 e. The molecule has 0 aromatic carbocycles. The summed E-state index contributed by atoms with van der Waals surface area (Å²) in [6, 6.07) is 0. The Balaban J connectivity index is 2.61. The Morgan fingerprint density at radius 1 is 1.60 bits per heavy atom. The second-order valence-corrected chi connectivity index (χ2v) is 3.33. The zero-order valence-corrected chi connectivity index (χ0v) is 8.36. The van der Waals surface area contributed by atoms with Gasteiger partial charge in [0.2, 0.25) is 5.91 Å². The van der Waals surface area contributed by atoms with Crippen LogP contribution in [0.1, 0.15) is 18.9 Å². The first-order valence-corrected chi connectivity index (χ1v) is 4.72. The first-order valence-electron chi connectivity index (χ1n) is 4.72. The number of carbonyl (C=O) groups is 1. The molecule has 15 heavy (non-hydrogen) atoms. The maximum Gasteiger partial charge on any atom is 0.260 e. The summed E-state index contributed by atoms with van der Waals surface area (Å²) >= 11 is 0. The molecule has 1 aliphatic rings. The molecule has 0 fully saturated rings. The third-order valence-electron chi connectivity index (χ3n) is 2.31. The van der Waals surface area contributed by atoms with Crippen molar-refractivity contribution in [3.05, 3.63) is 28.3 Å². The molecule has 5 heteroatoms. The molecule has 1 amide bonds. The largest absolute Gasteiger partial charge is 0.313 e. The number of hydrogen-bond donors (Lipinski definition) is 1. The molecule has 0 saturated carbocycles. The van der Waals surface area contributed by atoms with E-state index in [0.717, 1.165) is 6.42 Å². The smallest absolute Gasteiger partial charge is 0.260 e. The summed E-state index contributed by atoms with van der Waals surface area (Å²) in [6.07, 6.45) is 5.63. The van der Waals surface area contributed by atoms with Crippen molar-refractivity contribution in [2.45, 2.75) is 13.3 Å². The van der Waals surface area contributed by atoms with Gasteiger partial charge in [-0.15, -0.1) is 0 Å². The van der Waals surface area contributed by atoms with Crippen molar-refractivity contribution in [1.82, 2.24) is 9.97 Å². The lowest BCUT2D eigenvalue weighted by molar-refractivity contribution is -0.116. The Kier molecular flexibility index (Phi) is 2.37. The maximum atomic E-state index is 11.5. The highest BCUT2D eigenvalue weighted by atomic mass is 16.2. The molecule has 0 bridgehead atoms. The van der Waals surface area contributed by atoms with Gasteiger partial charge in [0, 0.05) is 13.5 Å². The van der Waals surface area contributed by atoms with Crippen LogP contribution in [0, 0.1) is 0 Å². The summed E-state index contributed by atoms with van der Waals surface area (Å²) < 4.78 is 0. The Morgan fingerprint density at radius 3 is 3.13 bits per heavy atom. The number of aromatic amines is 1. The zero-order chi connectivity index (χ0) is 10.8. The fraction of sp³-hybridized carbons (Fsp3) is 0.300. The average Bonchev–Trinajstić information content (AvgIpc) is 2.40. The lowest BCUT2D eigenvalue weighted by Crippen LogP contribution is -2.31. The minimum absolute atomic E-state index is 0.0990. The second kappa shape index (κ2) is 3.68. The van der Waals surface area contributed by atoms with Gasteiger partial charge in [0.25, 0.3) is 5.56 Å². The molecule has 78 valence electrons. The van der Waals surface area contributed by atoms with E-state index in [1.165, 1.54) is 18.2 Å². The molecular formula is C10H11N3O2. The predicted octanol–water partition coefficient (Wildman–Crippen LogP) is 0.540. The Labute approximate surface area is 86.4 Å². The van der Waals surface area contributed by atoms with Crippen LogP contribution in [0.4, 0.5) is 5.82 Å². The van der Waals surface area contributed by atoms with Crippen molar-refractivity contribution in [3.8, 4) is 0 Å². The van der Waals surface area contributed by atoms with Crippen molar-refractivity contribution in [1.29, 1.82) is 0 Å². The van der Waals surface area contributed by atoms with Crippen molar-refractivity contribution >= 4 is 17.8 Å². The van der Waals surface area contributed by atoms with Gasteiger partial charge in [-0.25, -0.2) is 4.98 Å². The maximum absolute atomic E-state index is 11.5. The SMILES string of the molecule is CC(=O)N1CCC=Cc2c1nc[nH]c2=O. The molecule has 5 nitrogen and oxygen atoms in total. The number of anilines is 1. The first-order chi connectivity index (χ1) is 7.20. The Morgan fingerprint density at radius 2 is 2.40 bits per heavy atom. The number of nitrogens with one attached hydrogen (secondary N) is 1. The lowest BCUT2D eigenvalue weighted by atomic mass is 10.2. The van der Waals surface area contributed by atoms with Gasteiger partial charge in [0.1, 0.15) is 5.82 Å². The number of rotatable bonds is 0. The quantitative estimate of drug-likeness (QED) is 0.672. The summed E-state index contributed by atoms with van der Waals surface area (Å²) in [5.74, 6) is 0.345. The fourth-order valence-electron chi connectivity index (χ4n) is 1.58. The van der Waals surface area contributed by atoms with E-state index in [4.69, 9.17) is 0 Å². The number of H-pyrrole nitrogens is 1. The summed E-state index contributed by atoms with van der Waals surface area (Å²) in [5, 5.41) is 0. The zero-order valence-electron chi connectivity index (χ0n) is 8.36. The molecule has 2 rings (SSSR count). The molecule has 0 unspecified atom stereocenters. The van der Waals surface area contributed by atoms with Gasteiger partial charge in [-0.05, 0) is 12.5 Å². The van der Waals surface area contributed by atoms with E-state index in [2.05, 4.69) is 9.97 Å². The topological polar surface area (TPSA) is 66.1 Å². The van der Waals surface area contributed by atoms with Crippen LogP contribution < -0.4 is 10.5 Å². The van der Waals surface area contributed by atoms with Gasteiger partial charge in [0.15, 0.2) is 0 Å². The van der Waals surface area contributed by atoms with Crippen LogP contribution in [0.3, 0.4) is 0 Å². The normalized spacial score (nSPS) is 14.6. The van der Waals surface area contributed by atoms with E-state index >= 15 is 0 Å². The van der Waals surface area contributed by atoms with Crippen LogP contribution >= 0.6 is 0 Å². The van der Waals surface area contributed by atoms with E-state index < -0.39 is 0 Å². The standard InChI is InChI=1S/C10H11N3O2/c1-7(14)13-5-3-2-4-8-9(13)11-6-12-10(8)15/h2,4,6H,3,5H2,1H3,(H,11,12,15). The van der Waals surface area contributed by atoms with Gasteiger partial charge in [0.05, 0.1) is 11.9 Å².